The van der Waals surface area contributed by atoms with Crippen molar-refractivity contribution in [3.05, 3.63) is 87.2 Å². The molecule has 0 unspecified atom stereocenters. The van der Waals surface area contributed by atoms with Gasteiger partial charge in [0.1, 0.15) is 5.56 Å². The van der Waals surface area contributed by atoms with Crippen LogP contribution in [-0.2, 0) is 6.54 Å². The Morgan fingerprint density at radius 2 is 1.62 bits per heavy atom. The molecule has 1 amide bonds. The quantitative estimate of drug-likeness (QED) is 0.607. The molecule has 0 saturated carbocycles. The van der Waals surface area contributed by atoms with Gasteiger partial charge in [0.15, 0.2) is 5.43 Å². The first kappa shape index (κ1) is 20.6. The summed E-state index contributed by atoms with van der Waals surface area (Å²) in [4.78, 5) is 26.3. The summed E-state index contributed by atoms with van der Waals surface area (Å²) in [6, 6.07) is 17.1. The van der Waals surface area contributed by atoms with Crippen LogP contribution in [0.2, 0.25) is 0 Å². The van der Waals surface area contributed by atoms with Gasteiger partial charge < -0.3 is 9.88 Å². The number of rotatable bonds is 6. The zero-order valence-electron chi connectivity index (χ0n) is 17.6. The number of hydrogen-bond acceptors (Lipinski definition) is 2. The predicted octanol–water partition coefficient (Wildman–Crippen LogP) is 5.49. The number of nitrogens with one attached hydrogen (secondary N) is 1. The highest BCUT2D eigenvalue weighted by Crippen LogP contribution is 2.28. The predicted molar refractivity (Wildman–Crippen MR) is 120 cm³/mol. The van der Waals surface area contributed by atoms with Gasteiger partial charge in [0.05, 0.1) is 5.69 Å². The maximum atomic E-state index is 13.3. The van der Waals surface area contributed by atoms with Gasteiger partial charge in [-0.05, 0) is 44.4 Å². The number of carbonyl (C=O) groups is 1. The summed E-state index contributed by atoms with van der Waals surface area (Å²) >= 11 is 0. The third-order valence-corrected chi connectivity index (χ3v) is 5.27. The molecule has 3 rings (SSSR count). The molecule has 0 saturated heterocycles. The zero-order valence-corrected chi connectivity index (χ0v) is 17.6. The number of carbonyl (C=O) groups excluding carboxylic acids is 1. The second-order valence-corrected chi connectivity index (χ2v) is 7.46. The number of benzene rings is 2. The number of pyridine rings is 1. The maximum Gasteiger partial charge on any atom is 0.261 e. The van der Waals surface area contributed by atoms with E-state index in [1.807, 2.05) is 69.3 Å². The Morgan fingerprint density at radius 1 is 0.966 bits per heavy atom. The summed E-state index contributed by atoms with van der Waals surface area (Å²) in [5.41, 5.74) is 5.14. The van der Waals surface area contributed by atoms with Gasteiger partial charge in [-0.15, -0.1) is 0 Å². The van der Waals surface area contributed by atoms with Gasteiger partial charge in [0, 0.05) is 29.6 Å². The Balaban J connectivity index is 2.22. The van der Waals surface area contributed by atoms with Gasteiger partial charge in [-0.25, -0.2) is 0 Å². The molecule has 4 nitrogen and oxygen atoms in total. The van der Waals surface area contributed by atoms with Crippen LogP contribution >= 0.6 is 0 Å². The van der Waals surface area contributed by atoms with E-state index in [1.165, 1.54) is 0 Å². The minimum absolute atomic E-state index is 0.198. The third kappa shape index (κ3) is 4.32. The van der Waals surface area contributed by atoms with Crippen LogP contribution in [-0.4, -0.2) is 10.5 Å². The van der Waals surface area contributed by atoms with Crippen molar-refractivity contribution in [3.8, 4) is 11.3 Å². The van der Waals surface area contributed by atoms with Crippen LogP contribution in [0.4, 0.5) is 5.69 Å². The summed E-state index contributed by atoms with van der Waals surface area (Å²) in [7, 11) is 0. The molecular formula is C25H28N2O2. The van der Waals surface area contributed by atoms with E-state index in [-0.39, 0.29) is 16.9 Å². The van der Waals surface area contributed by atoms with Crippen LogP contribution in [0.25, 0.3) is 11.3 Å². The number of nitrogens with zero attached hydrogens (tertiary/aromatic N) is 1. The molecule has 4 heteroatoms. The van der Waals surface area contributed by atoms with Crippen molar-refractivity contribution in [1.29, 1.82) is 0 Å². The molecule has 0 aliphatic heterocycles. The van der Waals surface area contributed by atoms with Gasteiger partial charge in [-0.2, -0.15) is 0 Å². The highest BCUT2D eigenvalue weighted by Gasteiger charge is 2.23. The van der Waals surface area contributed by atoms with Crippen molar-refractivity contribution in [2.24, 2.45) is 0 Å². The fraction of sp³-hybridized carbons (Fsp3) is 0.280. The van der Waals surface area contributed by atoms with Gasteiger partial charge >= 0.3 is 0 Å². The van der Waals surface area contributed by atoms with Crippen LogP contribution < -0.4 is 10.7 Å². The first-order valence-electron chi connectivity index (χ1n) is 10.1. The van der Waals surface area contributed by atoms with E-state index in [4.69, 9.17) is 0 Å². The molecule has 0 radical (unpaired) electrons. The van der Waals surface area contributed by atoms with Crippen LogP contribution in [0, 0.1) is 20.8 Å². The highest BCUT2D eigenvalue weighted by molar-refractivity contribution is 6.08. The number of anilines is 1. The lowest BCUT2D eigenvalue weighted by molar-refractivity contribution is 0.102. The Hall–Kier alpha value is -3.14. The molecule has 1 heterocycles. The molecular weight excluding hydrogens is 360 g/mol. The second kappa shape index (κ2) is 8.91. The van der Waals surface area contributed by atoms with Crippen LogP contribution in [0.3, 0.4) is 0 Å². The lowest BCUT2D eigenvalue weighted by atomic mass is 9.98. The van der Waals surface area contributed by atoms with Crippen molar-refractivity contribution in [2.45, 2.75) is 47.1 Å². The molecule has 150 valence electrons. The van der Waals surface area contributed by atoms with E-state index >= 15 is 0 Å². The lowest BCUT2D eigenvalue weighted by Crippen LogP contribution is -2.27. The van der Waals surface area contributed by atoms with Crippen molar-refractivity contribution in [2.75, 3.05) is 5.32 Å². The molecule has 2 aromatic carbocycles. The summed E-state index contributed by atoms with van der Waals surface area (Å²) in [6.45, 7) is 8.78. The van der Waals surface area contributed by atoms with Crippen LogP contribution in [0.1, 0.15) is 46.9 Å². The largest absolute Gasteiger partial charge is 0.344 e. The molecule has 0 fully saturated rings. The first-order valence-corrected chi connectivity index (χ1v) is 10.1. The van der Waals surface area contributed by atoms with Crippen molar-refractivity contribution in [1.82, 2.24) is 4.57 Å². The Labute approximate surface area is 172 Å². The molecule has 0 aliphatic carbocycles. The molecule has 1 N–H and O–H groups in total. The topological polar surface area (TPSA) is 51.1 Å². The molecule has 0 atom stereocenters. The smallest absolute Gasteiger partial charge is 0.261 e. The number of aromatic nitrogens is 1. The summed E-state index contributed by atoms with van der Waals surface area (Å²) < 4.78 is 2.11. The average molecular weight is 389 g/mol. The summed E-state index contributed by atoms with van der Waals surface area (Å²) in [5.74, 6) is -0.368. The van der Waals surface area contributed by atoms with Crippen molar-refractivity contribution < 1.29 is 4.79 Å². The Morgan fingerprint density at radius 3 is 2.28 bits per heavy atom. The van der Waals surface area contributed by atoms with E-state index in [2.05, 4.69) is 16.8 Å². The molecule has 0 spiro atoms. The van der Waals surface area contributed by atoms with Crippen LogP contribution in [0.15, 0.2) is 59.4 Å². The van der Waals surface area contributed by atoms with E-state index in [0.717, 1.165) is 41.8 Å². The fourth-order valence-electron chi connectivity index (χ4n) is 3.61. The van der Waals surface area contributed by atoms with E-state index in [9.17, 15) is 9.59 Å². The first-order chi connectivity index (χ1) is 13.9. The van der Waals surface area contributed by atoms with Crippen molar-refractivity contribution >= 4 is 11.6 Å². The number of para-hydroxylation sites is 1. The lowest BCUT2D eigenvalue weighted by Gasteiger charge is -2.21. The standard InChI is InChI=1S/C25H28N2O2/c1-5-6-15-27-19(4)16-22(28)23(24(27)20-13-9-7-11-17(20)2)25(29)26-21-14-10-8-12-18(21)3/h7-14,16H,5-6,15H2,1-4H3,(H,26,29). The van der Waals surface area contributed by atoms with Crippen molar-refractivity contribution in [3.63, 3.8) is 0 Å². The minimum Gasteiger partial charge on any atom is -0.344 e. The molecule has 29 heavy (non-hydrogen) atoms. The van der Waals surface area contributed by atoms with Gasteiger partial charge in [-0.1, -0.05) is 55.8 Å². The molecule has 0 bridgehead atoms. The van der Waals surface area contributed by atoms with Crippen LogP contribution in [0.5, 0.6) is 0 Å². The maximum absolute atomic E-state index is 13.3. The molecule has 0 aliphatic rings. The Bertz CT molecular complexity index is 1100. The number of aryl methyl sites for hydroxylation is 3. The van der Waals surface area contributed by atoms with Gasteiger partial charge in [0.2, 0.25) is 0 Å². The molecule has 3 aromatic rings. The number of amides is 1. The average Bonchev–Trinajstić information content (AvgIpc) is 2.69. The van der Waals surface area contributed by atoms with E-state index < -0.39 is 0 Å². The number of hydrogen-bond donors (Lipinski definition) is 1. The zero-order chi connectivity index (χ0) is 21.0. The third-order valence-electron chi connectivity index (χ3n) is 5.27. The SMILES string of the molecule is CCCCn1c(C)cc(=O)c(C(=O)Nc2ccccc2C)c1-c1ccccc1C. The summed E-state index contributed by atoms with van der Waals surface area (Å²) in [5, 5.41) is 2.95. The monoisotopic (exact) mass is 388 g/mol. The Kier molecular flexibility index (Phi) is 6.32. The minimum atomic E-state index is -0.368. The normalized spacial score (nSPS) is 10.8. The second-order valence-electron chi connectivity index (χ2n) is 7.46. The highest BCUT2D eigenvalue weighted by atomic mass is 16.2. The molecule has 1 aromatic heterocycles. The summed E-state index contributed by atoms with van der Waals surface area (Å²) in [6.07, 6.45) is 2.00. The van der Waals surface area contributed by atoms with E-state index in [1.54, 1.807) is 6.07 Å². The van der Waals surface area contributed by atoms with Gasteiger partial charge in [0.25, 0.3) is 5.91 Å². The fourth-order valence-corrected chi connectivity index (χ4v) is 3.61. The number of unbranched alkanes of at least 4 members (excludes halogenated alkanes) is 1. The van der Waals surface area contributed by atoms with E-state index in [0.29, 0.717) is 11.4 Å². The van der Waals surface area contributed by atoms with Gasteiger partial charge in [-0.3, -0.25) is 9.59 Å².